The van der Waals surface area contributed by atoms with Crippen LogP contribution in [0.25, 0.3) is 0 Å². The lowest BCUT2D eigenvalue weighted by molar-refractivity contribution is 0.508. The predicted octanol–water partition coefficient (Wildman–Crippen LogP) is 3.74. The SMILES string of the molecule is CC(C)=CCCC(C)NCCCc1ccccn1. The van der Waals surface area contributed by atoms with Crippen LogP contribution in [0.2, 0.25) is 0 Å². The van der Waals surface area contributed by atoms with Crippen molar-refractivity contribution in [2.45, 2.75) is 52.5 Å². The molecule has 1 rings (SSSR count). The topological polar surface area (TPSA) is 24.9 Å². The first kappa shape index (κ1) is 14.9. The Morgan fingerprint density at radius 1 is 1.39 bits per heavy atom. The van der Waals surface area contributed by atoms with Gasteiger partial charge in [0.2, 0.25) is 0 Å². The van der Waals surface area contributed by atoms with Crippen molar-refractivity contribution in [1.29, 1.82) is 0 Å². The summed E-state index contributed by atoms with van der Waals surface area (Å²) in [6.45, 7) is 7.65. The van der Waals surface area contributed by atoms with E-state index in [0.29, 0.717) is 6.04 Å². The molecule has 1 aromatic rings. The quantitative estimate of drug-likeness (QED) is 0.558. The van der Waals surface area contributed by atoms with Crippen molar-refractivity contribution >= 4 is 0 Å². The summed E-state index contributed by atoms with van der Waals surface area (Å²) in [5.41, 5.74) is 2.61. The van der Waals surface area contributed by atoms with Crippen LogP contribution in [0.5, 0.6) is 0 Å². The second kappa shape index (κ2) is 8.87. The zero-order chi connectivity index (χ0) is 13.2. The van der Waals surface area contributed by atoms with E-state index in [0.717, 1.165) is 19.4 Å². The number of rotatable bonds is 8. The summed E-state index contributed by atoms with van der Waals surface area (Å²) in [6, 6.07) is 6.72. The lowest BCUT2D eigenvalue weighted by Gasteiger charge is -2.12. The van der Waals surface area contributed by atoms with Crippen LogP contribution in [0.3, 0.4) is 0 Å². The van der Waals surface area contributed by atoms with Gasteiger partial charge in [0, 0.05) is 17.9 Å². The molecule has 0 aliphatic rings. The number of pyridine rings is 1. The Kier molecular flexibility index (Phi) is 7.35. The molecule has 0 saturated carbocycles. The Hall–Kier alpha value is -1.15. The highest BCUT2D eigenvalue weighted by molar-refractivity contribution is 5.03. The standard InChI is InChI=1S/C16H26N2/c1-14(2)8-6-9-15(3)17-13-7-11-16-10-4-5-12-18-16/h4-5,8,10,12,15,17H,6-7,9,11,13H2,1-3H3. The van der Waals surface area contributed by atoms with Crippen LogP contribution in [-0.4, -0.2) is 17.6 Å². The molecule has 18 heavy (non-hydrogen) atoms. The number of aryl methyl sites for hydroxylation is 1. The van der Waals surface area contributed by atoms with Crippen molar-refractivity contribution in [2.75, 3.05) is 6.54 Å². The number of nitrogens with one attached hydrogen (secondary N) is 1. The fourth-order valence-electron chi connectivity index (χ4n) is 1.89. The van der Waals surface area contributed by atoms with Crippen molar-refractivity contribution in [2.24, 2.45) is 0 Å². The Bertz CT molecular complexity index is 339. The molecule has 0 bridgehead atoms. The highest BCUT2D eigenvalue weighted by Gasteiger charge is 1.99. The molecule has 0 aliphatic carbocycles. The third-order valence-electron chi connectivity index (χ3n) is 2.98. The van der Waals surface area contributed by atoms with Gasteiger partial charge in [-0.1, -0.05) is 17.7 Å². The van der Waals surface area contributed by atoms with Gasteiger partial charge in [-0.25, -0.2) is 0 Å². The van der Waals surface area contributed by atoms with Crippen LogP contribution in [0.1, 0.15) is 45.7 Å². The second-order valence-electron chi connectivity index (χ2n) is 5.14. The Morgan fingerprint density at radius 2 is 2.22 bits per heavy atom. The molecule has 0 aliphatic heterocycles. The second-order valence-corrected chi connectivity index (χ2v) is 5.14. The summed E-state index contributed by atoms with van der Waals surface area (Å²) in [7, 11) is 0. The third-order valence-corrected chi connectivity index (χ3v) is 2.98. The maximum Gasteiger partial charge on any atom is 0.0404 e. The van der Waals surface area contributed by atoms with Crippen LogP contribution in [-0.2, 0) is 6.42 Å². The van der Waals surface area contributed by atoms with Gasteiger partial charge in [0.15, 0.2) is 0 Å². The Balaban J connectivity index is 2.05. The summed E-state index contributed by atoms with van der Waals surface area (Å²) in [5.74, 6) is 0. The van der Waals surface area contributed by atoms with E-state index in [9.17, 15) is 0 Å². The highest BCUT2D eigenvalue weighted by atomic mass is 14.9. The van der Waals surface area contributed by atoms with Crippen molar-refractivity contribution in [1.82, 2.24) is 10.3 Å². The van der Waals surface area contributed by atoms with E-state index in [1.54, 1.807) is 0 Å². The van der Waals surface area contributed by atoms with Gasteiger partial charge in [-0.15, -0.1) is 0 Å². The molecule has 1 atom stereocenters. The smallest absolute Gasteiger partial charge is 0.0404 e. The molecule has 0 aromatic carbocycles. The summed E-state index contributed by atoms with van der Waals surface area (Å²) in [5, 5.41) is 3.57. The average Bonchev–Trinajstić information content (AvgIpc) is 2.35. The van der Waals surface area contributed by atoms with Gasteiger partial charge in [0.25, 0.3) is 0 Å². The largest absolute Gasteiger partial charge is 0.314 e. The normalized spacial score (nSPS) is 12.2. The monoisotopic (exact) mass is 246 g/mol. The molecule has 1 N–H and O–H groups in total. The molecule has 0 amide bonds. The van der Waals surface area contributed by atoms with Gasteiger partial charge in [-0.05, 0) is 65.1 Å². The molecule has 0 fully saturated rings. The van der Waals surface area contributed by atoms with Crippen LogP contribution in [0.4, 0.5) is 0 Å². The Labute approximate surface area is 112 Å². The van der Waals surface area contributed by atoms with Gasteiger partial charge in [-0.3, -0.25) is 4.98 Å². The number of nitrogens with zero attached hydrogens (tertiary/aromatic N) is 1. The van der Waals surface area contributed by atoms with Gasteiger partial charge in [0.1, 0.15) is 0 Å². The molecular formula is C16H26N2. The van der Waals surface area contributed by atoms with E-state index >= 15 is 0 Å². The van der Waals surface area contributed by atoms with E-state index < -0.39 is 0 Å². The summed E-state index contributed by atoms with van der Waals surface area (Å²) >= 11 is 0. The van der Waals surface area contributed by atoms with E-state index in [2.05, 4.69) is 49.3 Å². The maximum absolute atomic E-state index is 4.33. The first-order chi connectivity index (χ1) is 8.68. The molecule has 2 nitrogen and oxygen atoms in total. The Morgan fingerprint density at radius 3 is 2.89 bits per heavy atom. The molecule has 0 saturated heterocycles. The number of allylic oxidation sites excluding steroid dienone is 2. The van der Waals surface area contributed by atoms with Crippen molar-refractivity contribution in [3.05, 3.63) is 41.7 Å². The first-order valence-electron chi connectivity index (χ1n) is 6.95. The lowest BCUT2D eigenvalue weighted by atomic mass is 10.1. The van der Waals surface area contributed by atoms with Gasteiger partial charge in [-0.2, -0.15) is 0 Å². The molecule has 1 heterocycles. The molecule has 100 valence electrons. The minimum absolute atomic E-state index is 0.601. The summed E-state index contributed by atoms with van der Waals surface area (Å²) in [4.78, 5) is 4.33. The van der Waals surface area contributed by atoms with E-state index in [1.807, 2.05) is 12.3 Å². The fraction of sp³-hybridized carbons (Fsp3) is 0.562. The van der Waals surface area contributed by atoms with Crippen molar-refractivity contribution in [3.63, 3.8) is 0 Å². The molecule has 0 spiro atoms. The zero-order valence-corrected chi connectivity index (χ0v) is 11.9. The lowest BCUT2D eigenvalue weighted by Crippen LogP contribution is -2.27. The average molecular weight is 246 g/mol. The minimum Gasteiger partial charge on any atom is -0.314 e. The predicted molar refractivity (Wildman–Crippen MR) is 78.7 cm³/mol. The molecule has 1 aromatic heterocycles. The highest BCUT2D eigenvalue weighted by Crippen LogP contribution is 2.02. The van der Waals surface area contributed by atoms with Crippen LogP contribution in [0.15, 0.2) is 36.0 Å². The fourth-order valence-corrected chi connectivity index (χ4v) is 1.89. The third kappa shape index (κ3) is 7.23. The van der Waals surface area contributed by atoms with Gasteiger partial charge >= 0.3 is 0 Å². The number of aromatic nitrogens is 1. The molecule has 0 radical (unpaired) electrons. The maximum atomic E-state index is 4.33. The molecule has 2 heteroatoms. The zero-order valence-electron chi connectivity index (χ0n) is 11.9. The van der Waals surface area contributed by atoms with Crippen LogP contribution < -0.4 is 5.32 Å². The number of hydrogen-bond donors (Lipinski definition) is 1. The molecular weight excluding hydrogens is 220 g/mol. The van der Waals surface area contributed by atoms with Crippen LogP contribution in [0, 0.1) is 0 Å². The van der Waals surface area contributed by atoms with Gasteiger partial charge in [0.05, 0.1) is 0 Å². The van der Waals surface area contributed by atoms with E-state index in [4.69, 9.17) is 0 Å². The van der Waals surface area contributed by atoms with E-state index in [-0.39, 0.29) is 0 Å². The van der Waals surface area contributed by atoms with Crippen molar-refractivity contribution < 1.29 is 0 Å². The summed E-state index contributed by atoms with van der Waals surface area (Å²) in [6.07, 6.45) is 8.79. The first-order valence-corrected chi connectivity index (χ1v) is 6.95. The van der Waals surface area contributed by atoms with Crippen molar-refractivity contribution in [3.8, 4) is 0 Å². The molecule has 1 unspecified atom stereocenters. The van der Waals surface area contributed by atoms with Gasteiger partial charge < -0.3 is 5.32 Å². The van der Waals surface area contributed by atoms with Crippen LogP contribution >= 0.6 is 0 Å². The summed E-state index contributed by atoms with van der Waals surface area (Å²) < 4.78 is 0. The van der Waals surface area contributed by atoms with E-state index in [1.165, 1.54) is 24.1 Å². The minimum atomic E-state index is 0.601. The number of hydrogen-bond acceptors (Lipinski definition) is 2.